The SMILES string of the molecule is N#C/C(=C/c1cccn1-c1ccc(Br)cc1)C(=O)Nc1ccc(Br)cc1. The molecule has 2 aromatic carbocycles. The van der Waals surface area contributed by atoms with Gasteiger partial charge in [0.15, 0.2) is 0 Å². The van der Waals surface area contributed by atoms with E-state index in [9.17, 15) is 10.1 Å². The third-order valence-corrected chi connectivity index (χ3v) is 4.70. The predicted octanol–water partition coefficient (Wildman–Crippen LogP) is 5.55. The van der Waals surface area contributed by atoms with E-state index in [1.54, 1.807) is 18.2 Å². The number of halogens is 2. The zero-order valence-electron chi connectivity index (χ0n) is 13.5. The molecule has 3 aromatic rings. The number of rotatable bonds is 4. The van der Waals surface area contributed by atoms with Gasteiger partial charge in [-0.3, -0.25) is 4.79 Å². The van der Waals surface area contributed by atoms with Crippen LogP contribution < -0.4 is 5.32 Å². The normalized spacial score (nSPS) is 11.0. The molecule has 4 nitrogen and oxygen atoms in total. The standard InChI is InChI=1S/C20H13Br2N3O/c21-15-3-7-17(8-4-15)24-20(26)14(13-23)12-19-2-1-11-25(19)18-9-5-16(22)6-10-18/h1-12H,(H,24,26)/b14-12-. The molecule has 0 saturated carbocycles. The van der Waals surface area contributed by atoms with Crippen molar-refractivity contribution < 1.29 is 4.79 Å². The summed E-state index contributed by atoms with van der Waals surface area (Å²) < 4.78 is 3.81. The second kappa shape index (κ2) is 8.17. The van der Waals surface area contributed by atoms with Gasteiger partial charge in [0.2, 0.25) is 0 Å². The first-order valence-corrected chi connectivity index (χ1v) is 9.27. The molecule has 0 aliphatic rings. The highest BCUT2D eigenvalue weighted by Gasteiger charge is 2.11. The molecular formula is C20H13Br2N3O. The van der Waals surface area contributed by atoms with Crippen molar-refractivity contribution in [2.24, 2.45) is 0 Å². The Morgan fingerprint density at radius 1 is 1.00 bits per heavy atom. The molecule has 0 saturated heterocycles. The Bertz CT molecular complexity index is 997. The monoisotopic (exact) mass is 469 g/mol. The molecular weight excluding hydrogens is 458 g/mol. The number of nitriles is 1. The Morgan fingerprint density at radius 2 is 1.62 bits per heavy atom. The van der Waals surface area contributed by atoms with Gasteiger partial charge in [-0.15, -0.1) is 0 Å². The summed E-state index contributed by atoms with van der Waals surface area (Å²) in [6.07, 6.45) is 3.47. The maximum absolute atomic E-state index is 12.4. The second-order valence-corrected chi connectivity index (χ2v) is 7.24. The summed E-state index contributed by atoms with van der Waals surface area (Å²) in [5.41, 5.74) is 2.34. The summed E-state index contributed by atoms with van der Waals surface area (Å²) in [4.78, 5) is 12.4. The van der Waals surface area contributed by atoms with Crippen molar-refractivity contribution in [1.29, 1.82) is 5.26 Å². The number of nitrogens with zero attached hydrogens (tertiary/aromatic N) is 2. The molecule has 0 radical (unpaired) electrons. The van der Waals surface area contributed by atoms with Gasteiger partial charge in [0, 0.05) is 32.2 Å². The third kappa shape index (κ3) is 4.31. The summed E-state index contributed by atoms with van der Waals surface area (Å²) in [5, 5.41) is 12.1. The van der Waals surface area contributed by atoms with Crippen LogP contribution in [0.1, 0.15) is 5.69 Å². The van der Waals surface area contributed by atoms with E-state index < -0.39 is 5.91 Å². The van der Waals surface area contributed by atoms with Crippen molar-refractivity contribution in [3.8, 4) is 11.8 Å². The van der Waals surface area contributed by atoms with E-state index in [2.05, 4.69) is 37.2 Å². The number of aromatic nitrogens is 1. The summed E-state index contributed by atoms with van der Waals surface area (Å²) in [5.74, 6) is -0.446. The van der Waals surface area contributed by atoms with Crippen LogP contribution in [0.3, 0.4) is 0 Å². The Labute approximate surface area is 168 Å². The van der Waals surface area contributed by atoms with Gasteiger partial charge < -0.3 is 9.88 Å². The van der Waals surface area contributed by atoms with E-state index in [0.29, 0.717) is 5.69 Å². The fraction of sp³-hybridized carbons (Fsp3) is 0. The number of hydrogen-bond donors (Lipinski definition) is 1. The molecule has 0 atom stereocenters. The van der Waals surface area contributed by atoms with Gasteiger partial charge >= 0.3 is 0 Å². The van der Waals surface area contributed by atoms with Crippen molar-refractivity contribution in [2.45, 2.75) is 0 Å². The van der Waals surface area contributed by atoms with Gasteiger partial charge in [-0.05, 0) is 66.7 Å². The highest BCUT2D eigenvalue weighted by atomic mass is 79.9. The topological polar surface area (TPSA) is 57.8 Å². The zero-order chi connectivity index (χ0) is 18.5. The first kappa shape index (κ1) is 18.2. The van der Waals surface area contributed by atoms with Gasteiger partial charge in [0.05, 0.1) is 0 Å². The quantitative estimate of drug-likeness (QED) is 0.401. The van der Waals surface area contributed by atoms with Crippen molar-refractivity contribution >= 4 is 49.5 Å². The zero-order valence-corrected chi connectivity index (χ0v) is 16.7. The molecule has 0 aliphatic heterocycles. The maximum atomic E-state index is 12.4. The van der Waals surface area contributed by atoms with Crippen LogP contribution in [-0.4, -0.2) is 10.5 Å². The molecule has 1 aromatic heterocycles. The van der Waals surface area contributed by atoms with E-state index in [-0.39, 0.29) is 5.57 Å². The Balaban J connectivity index is 1.87. The summed E-state index contributed by atoms with van der Waals surface area (Å²) in [6, 6.07) is 20.7. The van der Waals surface area contributed by atoms with Crippen LogP contribution in [0.5, 0.6) is 0 Å². The van der Waals surface area contributed by atoms with Crippen LogP contribution in [0.15, 0.2) is 81.4 Å². The average molecular weight is 471 g/mol. The van der Waals surface area contributed by atoms with Gasteiger partial charge in [-0.25, -0.2) is 0 Å². The minimum absolute atomic E-state index is 0.0324. The number of hydrogen-bond acceptors (Lipinski definition) is 2. The van der Waals surface area contributed by atoms with Crippen LogP contribution in [-0.2, 0) is 4.79 Å². The summed E-state index contributed by atoms with van der Waals surface area (Å²) in [6.45, 7) is 0. The van der Waals surface area contributed by atoms with Crippen LogP contribution in [0.25, 0.3) is 11.8 Å². The van der Waals surface area contributed by atoms with E-state index in [1.807, 2.05) is 65.4 Å². The number of carbonyl (C=O) groups excluding carboxylic acids is 1. The molecule has 6 heteroatoms. The summed E-state index contributed by atoms with van der Waals surface area (Å²) in [7, 11) is 0. The van der Waals surface area contributed by atoms with E-state index in [1.165, 1.54) is 0 Å². The lowest BCUT2D eigenvalue weighted by Crippen LogP contribution is -2.13. The molecule has 1 amide bonds. The minimum Gasteiger partial charge on any atom is -0.321 e. The van der Waals surface area contributed by atoms with Gasteiger partial charge in [-0.1, -0.05) is 31.9 Å². The molecule has 0 spiro atoms. The second-order valence-electron chi connectivity index (χ2n) is 5.41. The van der Waals surface area contributed by atoms with Gasteiger partial charge in [-0.2, -0.15) is 5.26 Å². The molecule has 1 heterocycles. The number of carbonyl (C=O) groups is 1. The van der Waals surface area contributed by atoms with Crippen molar-refractivity contribution in [2.75, 3.05) is 5.32 Å². The lowest BCUT2D eigenvalue weighted by atomic mass is 10.2. The predicted molar refractivity (Wildman–Crippen MR) is 110 cm³/mol. The first-order chi connectivity index (χ1) is 12.6. The highest BCUT2D eigenvalue weighted by molar-refractivity contribution is 9.10. The molecule has 0 bridgehead atoms. The van der Waals surface area contributed by atoms with E-state index in [4.69, 9.17) is 0 Å². The van der Waals surface area contributed by atoms with Crippen molar-refractivity contribution in [3.05, 3.63) is 87.1 Å². The first-order valence-electron chi connectivity index (χ1n) is 7.69. The van der Waals surface area contributed by atoms with Crippen molar-refractivity contribution in [3.63, 3.8) is 0 Å². The Kier molecular flexibility index (Phi) is 5.71. The number of anilines is 1. The number of nitrogens with one attached hydrogen (secondary N) is 1. The molecule has 26 heavy (non-hydrogen) atoms. The fourth-order valence-electron chi connectivity index (χ4n) is 2.38. The van der Waals surface area contributed by atoms with Gasteiger partial charge in [0.25, 0.3) is 5.91 Å². The third-order valence-electron chi connectivity index (χ3n) is 3.64. The minimum atomic E-state index is -0.446. The summed E-state index contributed by atoms with van der Waals surface area (Å²) >= 11 is 6.76. The van der Waals surface area contributed by atoms with Crippen LogP contribution >= 0.6 is 31.9 Å². The smallest absolute Gasteiger partial charge is 0.266 e. The molecule has 0 aliphatic carbocycles. The lowest BCUT2D eigenvalue weighted by Gasteiger charge is -2.08. The largest absolute Gasteiger partial charge is 0.321 e. The number of benzene rings is 2. The molecule has 128 valence electrons. The highest BCUT2D eigenvalue weighted by Crippen LogP contribution is 2.19. The fourth-order valence-corrected chi connectivity index (χ4v) is 2.91. The van der Waals surface area contributed by atoms with Crippen LogP contribution in [0.2, 0.25) is 0 Å². The molecule has 0 unspecified atom stereocenters. The molecule has 0 fully saturated rings. The van der Waals surface area contributed by atoms with Crippen LogP contribution in [0, 0.1) is 11.3 Å². The Hall–Kier alpha value is -2.62. The molecule has 3 rings (SSSR count). The average Bonchev–Trinajstić information content (AvgIpc) is 3.10. The lowest BCUT2D eigenvalue weighted by molar-refractivity contribution is -0.112. The van der Waals surface area contributed by atoms with E-state index in [0.717, 1.165) is 20.3 Å². The van der Waals surface area contributed by atoms with Crippen LogP contribution in [0.4, 0.5) is 5.69 Å². The molecule has 1 N–H and O–H groups in total. The van der Waals surface area contributed by atoms with Crippen molar-refractivity contribution in [1.82, 2.24) is 4.57 Å². The Morgan fingerprint density at radius 3 is 2.23 bits per heavy atom. The van der Waals surface area contributed by atoms with Gasteiger partial charge in [0.1, 0.15) is 11.6 Å². The number of amides is 1. The maximum Gasteiger partial charge on any atom is 0.266 e. The van der Waals surface area contributed by atoms with E-state index >= 15 is 0 Å².